The van der Waals surface area contributed by atoms with Gasteiger partial charge in [0, 0.05) is 5.56 Å². The zero-order valence-electron chi connectivity index (χ0n) is 15.2. The summed E-state index contributed by atoms with van der Waals surface area (Å²) in [6.45, 7) is -0.0848. The van der Waals surface area contributed by atoms with Crippen molar-refractivity contribution in [1.29, 1.82) is 0 Å². The fraction of sp³-hybridized carbons (Fsp3) is 0.0909. The average molecular weight is 390 g/mol. The lowest BCUT2D eigenvalue weighted by Crippen LogP contribution is -2.20. The first-order chi connectivity index (χ1) is 13.7. The van der Waals surface area contributed by atoms with E-state index < -0.39 is 0 Å². The van der Waals surface area contributed by atoms with Crippen LogP contribution in [0.5, 0.6) is 11.5 Å². The highest BCUT2D eigenvalue weighted by Crippen LogP contribution is 2.31. The van der Waals surface area contributed by atoms with Gasteiger partial charge in [0.15, 0.2) is 6.61 Å². The molecule has 28 heavy (non-hydrogen) atoms. The molecular formula is C22H18N2O3S. The summed E-state index contributed by atoms with van der Waals surface area (Å²) in [7, 11) is 1.56. The van der Waals surface area contributed by atoms with Crippen molar-refractivity contribution in [2.75, 3.05) is 19.0 Å². The van der Waals surface area contributed by atoms with Gasteiger partial charge in [-0.1, -0.05) is 24.3 Å². The van der Waals surface area contributed by atoms with E-state index in [-0.39, 0.29) is 12.5 Å². The maximum absolute atomic E-state index is 12.1. The van der Waals surface area contributed by atoms with Gasteiger partial charge < -0.3 is 14.8 Å². The molecule has 1 aromatic heterocycles. The highest BCUT2D eigenvalue weighted by molar-refractivity contribution is 7.21. The molecule has 0 aliphatic heterocycles. The molecule has 140 valence electrons. The topological polar surface area (TPSA) is 60.5 Å². The highest BCUT2D eigenvalue weighted by Gasteiger charge is 2.09. The number of anilines is 1. The van der Waals surface area contributed by atoms with Gasteiger partial charge in [-0.05, 0) is 48.5 Å². The van der Waals surface area contributed by atoms with Crippen molar-refractivity contribution in [1.82, 2.24) is 4.98 Å². The van der Waals surface area contributed by atoms with E-state index in [2.05, 4.69) is 16.4 Å². The Balaban J connectivity index is 1.38. The first-order valence-corrected chi connectivity index (χ1v) is 9.56. The summed E-state index contributed by atoms with van der Waals surface area (Å²) in [5.74, 6) is 0.982. The zero-order valence-corrected chi connectivity index (χ0v) is 16.0. The summed E-state index contributed by atoms with van der Waals surface area (Å²) in [5, 5.41) is 3.75. The van der Waals surface area contributed by atoms with E-state index in [4.69, 9.17) is 9.47 Å². The molecule has 1 N–H and O–H groups in total. The van der Waals surface area contributed by atoms with Gasteiger partial charge in [-0.15, -0.1) is 11.3 Å². The SMILES string of the molecule is COc1ccccc1NC(=O)COc1ccc(-c2nc3ccccc3s2)cc1. The summed E-state index contributed by atoms with van der Waals surface area (Å²) in [4.78, 5) is 16.8. The summed E-state index contributed by atoms with van der Waals surface area (Å²) < 4.78 is 12.0. The monoisotopic (exact) mass is 390 g/mol. The molecule has 4 rings (SSSR count). The van der Waals surface area contributed by atoms with Crippen molar-refractivity contribution in [3.63, 3.8) is 0 Å². The quantitative estimate of drug-likeness (QED) is 0.504. The Morgan fingerprint density at radius 2 is 1.75 bits per heavy atom. The third kappa shape index (κ3) is 3.97. The van der Waals surface area contributed by atoms with Crippen LogP contribution in [0.4, 0.5) is 5.69 Å². The van der Waals surface area contributed by atoms with E-state index in [0.717, 1.165) is 20.8 Å². The van der Waals surface area contributed by atoms with Crippen molar-refractivity contribution in [3.8, 4) is 22.1 Å². The molecule has 0 bridgehead atoms. The van der Waals surface area contributed by atoms with E-state index in [1.165, 1.54) is 0 Å². The number of hydrogen-bond donors (Lipinski definition) is 1. The Kier molecular flexibility index (Phi) is 5.21. The predicted molar refractivity (Wildman–Crippen MR) is 112 cm³/mol. The van der Waals surface area contributed by atoms with E-state index >= 15 is 0 Å². The van der Waals surface area contributed by atoms with Crippen LogP contribution in [0.1, 0.15) is 0 Å². The van der Waals surface area contributed by atoms with Gasteiger partial charge in [-0.2, -0.15) is 0 Å². The number of thiazole rings is 1. The van der Waals surface area contributed by atoms with E-state index in [1.54, 1.807) is 30.6 Å². The Bertz CT molecular complexity index is 1070. The van der Waals surface area contributed by atoms with Crippen LogP contribution in [0.3, 0.4) is 0 Å². The molecule has 0 saturated heterocycles. The molecule has 4 aromatic rings. The van der Waals surface area contributed by atoms with Gasteiger partial charge in [-0.3, -0.25) is 4.79 Å². The molecule has 0 saturated carbocycles. The standard InChI is InChI=1S/C22H18N2O3S/c1-26-19-8-4-2-6-17(19)23-21(25)14-27-16-12-10-15(11-13-16)22-24-18-7-3-5-9-20(18)28-22/h2-13H,14H2,1H3,(H,23,25). The van der Waals surface area contributed by atoms with Gasteiger partial charge in [-0.25, -0.2) is 4.98 Å². The van der Waals surface area contributed by atoms with Crippen molar-refractivity contribution in [2.24, 2.45) is 0 Å². The number of methoxy groups -OCH3 is 1. The lowest BCUT2D eigenvalue weighted by molar-refractivity contribution is -0.118. The maximum atomic E-state index is 12.1. The number of aromatic nitrogens is 1. The first kappa shape index (κ1) is 18.0. The number of ether oxygens (including phenoxy) is 2. The lowest BCUT2D eigenvalue weighted by atomic mass is 10.2. The van der Waals surface area contributed by atoms with Crippen LogP contribution in [0.2, 0.25) is 0 Å². The largest absolute Gasteiger partial charge is 0.495 e. The van der Waals surface area contributed by atoms with Crippen LogP contribution >= 0.6 is 11.3 Å². The van der Waals surface area contributed by atoms with E-state index in [1.807, 2.05) is 54.6 Å². The number of nitrogens with one attached hydrogen (secondary N) is 1. The normalized spacial score (nSPS) is 10.6. The molecule has 6 heteroatoms. The van der Waals surface area contributed by atoms with Gasteiger partial charge in [0.25, 0.3) is 5.91 Å². The highest BCUT2D eigenvalue weighted by atomic mass is 32.1. The maximum Gasteiger partial charge on any atom is 0.262 e. The summed E-state index contributed by atoms with van der Waals surface area (Å²) in [5.41, 5.74) is 2.63. The molecule has 0 aliphatic carbocycles. The van der Waals surface area contributed by atoms with Crippen molar-refractivity contribution < 1.29 is 14.3 Å². The minimum Gasteiger partial charge on any atom is -0.495 e. The molecule has 0 fully saturated rings. The third-order valence-electron chi connectivity index (χ3n) is 4.15. The minimum absolute atomic E-state index is 0.0848. The number of benzene rings is 3. The second-order valence-electron chi connectivity index (χ2n) is 6.05. The number of amides is 1. The summed E-state index contributed by atoms with van der Waals surface area (Å²) in [6, 6.07) is 22.9. The van der Waals surface area contributed by atoms with Crippen molar-refractivity contribution >= 4 is 33.1 Å². The molecule has 0 unspecified atom stereocenters. The molecule has 0 aliphatic rings. The lowest BCUT2D eigenvalue weighted by Gasteiger charge is -2.10. The summed E-state index contributed by atoms with van der Waals surface area (Å²) in [6.07, 6.45) is 0. The first-order valence-electron chi connectivity index (χ1n) is 8.74. The Labute approximate surface area is 166 Å². The Morgan fingerprint density at radius 3 is 2.54 bits per heavy atom. The van der Waals surface area contributed by atoms with Crippen LogP contribution in [0, 0.1) is 0 Å². The van der Waals surface area contributed by atoms with Crippen LogP contribution in [-0.4, -0.2) is 24.6 Å². The van der Waals surface area contributed by atoms with Crippen molar-refractivity contribution in [2.45, 2.75) is 0 Å². The number of nitrogens with zero attached hydrogens (tertiary/aromatic N) is 1. The van der Waals surface area contributed by atoms with E-state index in [0.29, 0.717) is 17.2 Å². The van der Waals surface area contributed by atoms with Gasteiger partial charge >= 0.3 is 0 Å². The smallest absolute Gasteiger partial charge is 0.262 e. The van der Waals surface area contributed by atoms with Crippen LogP contribution in [0.15, 0.2) is 72.8 Å². The molecule has 0 spiro atoms. The van der Waals surface area contributed by atoms with Gasteiger partial charge in [0.05, 0.1) is 23.0 Å². The molecule has 3 aromatic carbocycles. The number of fused-ring (bicyclic) bond motifs is 1. The number of para-hydroxylation sites is 3. The average Bonchev–Trinajstić information content (AvgIpc) is 3.17. The second kappa shape index (κ2) is 8.10. The fourth-order valence-corrected chi connectivity index (χ4v) is 3.74. The zero-order chi connectivity index (χ0) is 19.3. The van der Waals surface area contributed by atoms with Crippen LogP contribution in [0.25, 0.3) is 20.8 Å². The molecule has 0 radical (unpaired) electrons. The van der Waals surface area contributed by atoms with E-state index in [9.17, 15) is 4.79 Å². The van der Waals surface area contributed by atoms with Gasteiger partial charge in [0.2, 0.25) is 0 Å². The molecule has 1 amide bonds. The van der Waals surface area contributed by atoms with Crippen LogP contribution in [-0.2, 0) is 4.79 Å². The number of hydrogen-bond acceptors (Lipinski definition) is 5. The molecular weight excluding hydrogens is 372 g/mol. The number of carbonyl (C=O) groups excluding carboxylic acids is 1. The Morgan fingerprint density at radius 1 is 1.00 bits per heavy atom. The predicted octanol–water partition coefficient (Wildman–Crippen LogP) is 4.99. The summed E-state index contributed by atoms with van der Waals surface area (Å²) >= 11 is 1.65. The third-order valence-corrected chi connectivity index (χ3v) is 5.23. The second-order valence-corrected chi connectivity index (χ2v) is 7.08. The molecule has 0 atom stereocenters. The Hall–Kier alpha value is -3.38. The molecule has 5 nitrogen and oxygen atoms in total. The number of carbonyl (C=O) groups is 1. The molecule has 1 heterocycles. The van der Waals surface area contributed by atoms with Crippen molar-refractivity contribution in [3.05, 3.63) is 72.8 Å². The minimum atomic E-state index is -0.250. The van der Waals surface area contributed by atoms with Crippen LogP contribution < -0.4 is 14.8 Å². The number of rotatable bonds is 6. The fourth-order valence-electron chi connectivity index (χ4n) is 2.77. The van der Waals surface area contributed by atoms with Gasteiger partial charge in [0.1, 0.15) is 16.5 Å².